The van der Waals surface area contributed by atoms with Crippen LogP contribution in [0, 0.1) is 5.92 Å². The summed E-state index contributed by atoms with van der Waals surface area (Å²) >= 11 is 0. The first-order valence-electron chi connectivity index (χ1n) is 4.92. The Hall–Kier alpha value is -0.530. The zero-order valence-electron chi connectivity index (χ0n) is 7.84. The molecule has 0 amide bonds. The van der Waals surface area contributed by atoms with Gasteiger partial charge in [0.05, 0.1) is 6.61 Å². The number of hydrogen-bond donors (Lipinski definition) is 0. The molecule has 2 heteroatoms. The van der Waals surface area contributed by atoms with Gasteiger partial charge >= 0.3 is 5.97 Å². The third kappa shape index (κ3) is 3.74. The van der Waals surface area contributed by atoms with Gasteiger partial charge in [-0.15, -0.1) is 0 Å². The van der Waals surface area contributed by atoms with Gasteiger partial charge in [-0.05, 0) is 18.8 Å². The Balaban J connectivity index is 1.79. The predicted molar refractivity (Wildman–Crippen MR) is 47.8 cm³/mol. The largest absolute Gasteiger partial charge is 0.466 e. The fraction of sp³-hybridized carbons (Fsp3) is 0.900. The van der Waals surface area contributed by atoms with E-state index in [0.29, 0.717) is 6.61 Å². The molecule has 0 aromatic heterocycles. The fourth-order valence-corrected chi connectivity index (χ4v) is 1.53. The Morgan fingerprint density at radius 1 is 1.42 bits per heavy atom. The minimum Gasteiger partial charge on any atom is -0.466 e. The lowest BCUT2D eigenvalue weighted by Crippen LogP contribution is -2.10. The number of hydrogen-bond acceptors (Lipinski definition) is 2. The molecule has 0 heterocycles. The van der Waals surface area contributed by atoms with Crippen molar-refractivity contribution in [1.29, 1.82) is 0 Å². The zero-order chi connectivity index (χ0) is 8.81. The van der Waals surface area contributed by atoms with Gasteiger partial charge in [0, 0.05) is 6.92 Å². The standard InChI is InChI=1S/C10H18O2/c1-9(11)12-8-3-2-5-10-6-4-7-10/h10H,2-8H2,1H3. The Morgan fingerprint density at radius 3 is 2.67 bits per heavy atom. The van der Waals surface area contributed by atoms with Crippen LogP contribution in [-0.4, -0.2) is 12.6 Å². The second-order valence-electron chi connectivity index (χ2n) is 3.63. The summed E-state index contributed by atoms with van der Waals surface area (Å²) in [6, 6.07) is 0. The molecule has 2 nitrogen and oxygen atoms in total. The summed E-state index contributed by atoms with van der Waals surface area (Å²) < 4.78 is 4.84. The van der Waals surface area contributed by atoms with Crippen LogP contribution in [0.3, 0.4) is 0 Å². The Labute approximate surface area is 74.3 Å². The predicted octanol–water partition coefficient (Wildman–Crippen LogP) is 2.52. The van der Waals surface area contributed by atoms with Crippen LogP contribution in [0.1, 0.15) is 45.4 Å². The average Bonchev–Trinajstić information content (AvgIpc) is 1.92. The van der Waals surface area contributed by atoms with E-state index in [9.17, 15) is 4.79 Å². The van der Waals surface area contributed by atoms with Crippen LogP contribution in [0.25, 0.3) is 0 Å². The highest BCUT2D eigenvalue weighted by Gasteiger charge is 2.15. The van der Waals surface area contributed by atoms with E-state index in [2.05, 4.69) is 0 Å². The number of esters is 1. The second-order valence-corrected chi connectivity index (χ2v) is 3.63. The minimum atomic E-state index is -0.154. The van der Waals surface area contributed by atoms with Crippen molar-refractivity contribution in [2.24, 2.45) is 5.92 Å². The molecule has 1 saturated carbocycles. The van der Waals surface area contributed by atoms with Gasteiger partial charge in [0.15, 0.2) is 0 Å². The monoisotopic (exact) mass is 170 g/mol. The number of rotatable bonds is 5. The number of carbonyl (C=O) groups excluding carboxylic acids is 1. The first-order chi connectivity index (χ1) is 5.79. The van der Waals surface area contributed by atoms with E-state index in [-0.39, 0.29) is 5.97 Å². The molecule has 0 saturated heterocycles. The van der Waals surface area contributed by atoms with Gasteiger partial charge in [0.2, 0.25) is 0 Å². The minimum absolute atomic E-state index is 0.154. The molecule has 70 valence electrons. The van der Waals surface area contributed by atoms with Crippen molar-refractivity contribution in [3.8, 4) is 0 Å². The van der Waals surface area contributed by atoms with Crippen LogP contribution in [0.2, 0.25) is 0 Å². The van der Waals surface area contributed by atoms with Crippen molar-refractivity contribution >= 4 is 5.97 Å². The molecule has 1 rings (SSSR count). The van der Waals surface area contributed by atoms with E-state index in [0.717, 1.165) is 12.3 Å². The van der Waals surface area contributed by atoms with E-state index in [1.165, 1.54) is 39.0 Å². The summed E-state index contributed by atoms with van der Waals surface area (Å²) in [6.45, 7) is 2.08. The lowest BCUT2D eigenvalue weighted by molar-refractivity contribution is -0.141. The summed E-state index contributed by atoms with van der Waals surface area (Å²) in [7, 11) is 0. The first-order valence-corrected chi connectivity index (χ1v) is 4.92. The number of ether oxygens (including phenoxy) is 1. The van der Waals surface area contributed by atoms with Crippen LogP contribution in [0.15, 0.2) is 0 Å². The molecule has 0 unspecified atom stereocenters. The highest BCUT2D eigenvalue weighted by molar-refractivity contribution is 5.65. The van der Waals surface area contributed by atoms with Crippen LogP contribution >= 0.6 is 0 Å². The Bertz CT molecular complexity index is 139. The molecule has 1 fully saturated rings. The van der Waals surface area contributed by atoms with E-state index in [1.807, 2.05) is 0 Å². The van der Waals surface area contributed by atoms with Crippen molar-refractivity contribution < 1.29 is 9.53 Å². The van der Waals surface area contributed by atoms with Crippen molar-refractivity contribution in [3.63, 3.8) is 0 Å². The third-order valence-electron chi connectivity index (χ3n) is 2.54. The summed E-state index contributed by atoms with van der Waals surface area (Å²) in [6.07, 6.45) is 7.87. The molecule has 0 atom stereocenters. The van der Waals surface area contributed by atoms with Crippen molar-refractivity contribution in [2.75, 3.05) is 6.61 Å². The maximum Gasteiger partial charge on any atom is 0.302 e. The second kappa shape index (κ2) is 5.18. The number of carbonyl (C=O) groups is 1. The highest BCUT2D eigenvalue weighted by Crippen LogP contribution is 2.30. The van der Waals surface area contributed by atoms with Gasteiger partial charge in [-0.2, -0.15) is 0 Å². The molecule has 0 aromatic rings. The van der Waals surface area contributed by atoms with E-state index >= 15 is 0 Å². The fourth-order valence-electron chi connectivity index (χ4n) is 1.53. The molecule has 0 radical (unpaired) electrons. The van der Waals surface area contributed by atoms with E-state index in [1.54, 1.807) is 0 Å². The highest BCUT2D eigenvalue weighted by atomic mass is 16.5. The van der Waals surface area contributed by atoms with Crippen LogP contribution in [0.4, 0.5) is 0 Å². The summed E-state index contributed by atoms with van der Waals surface area (Å²) in [5.41, 5.74) is 0. The Morgan fingerprint density at radius 2 is 2.17 bits per heavy atom. The van der Waals surface area contributed by atoms with Gasteiger partial charge in [-0.25, -0.2) is 0 Å². The van der Waals surface area contributed by atoms with Gasteiger partial charge in [0.1, 0.15) is 0 Å². The lowest BCUT2D eigenvalue weighted by atomic mass is 9.82. The molecular weight excluding hydrogens is 152 g/mol. The first kappa shape index (κ1) is 9.56. The lowest BCUT2D eigenvalue weighted by Gasteiger charge is -2.24. The molecule has 0 spiro atoms. The molecular formula is C10H18O2. The molecule has 0 N–H and O–H groups in total. The van der Waals surface area contributed by atoms with Gasteiger partial charge in [-0.3, -0.25) is 4.79 Å². The summed E-state index contributed by atoms with van der Waals surface area (Å²) in [5.74, 6) is 0.834. The van der Waals surface area contributed by atoms with Crippen molar-refractivity contribution in [2.45, 2.75) is 45.4 Å². The molecule has 0 aromatic carbocycles. The maximum absolute atomic E-state index is 10.4. The molecule has 1 aliphatic carbocycles. The quantitative estimate of drug-likeness (QED) is 0.468. The van der Waals surface area contributed by atoms with Crippen molar-refractivity contribution in [1.82, 2.24) is 0 Å². The SMILES string of the molecule is CC(=O)OCCCCC1CCC1. The van der Waals surface area contributed by atoms with Gasteiger partial charge in [0.25, 0.3) is 0 Å². The summed E-state index contributed by atoms with van der Waals surface area (Å²) in [5, 5.41) is 0. The molecule has 0 aliphatic heterocycles. The number of unbranched alkanes of at least 4 members (excludes halogenated alkanes) is 1. The smallest absolute Gasteiger partial charge is 0.302 e. The van der Waals surface area contributed by atoms with E-state index in [4.69, 9.17) is 4.74 Å². The summed E-state index contributed by atoms with van der Waals surface area (Å²) in [4.78, 5) is 10.4. The normalized spacial score (nSPS) is 17.1. The van der Waals surface area contributed by atoms with Crippen LogP contribution in [0.5, 0.6) is 0 Å². The third-order valence-corrected chi connectivity index (χ3v) is 2.54. The van der Waals surface area contributed by atoms with Crippen LogP contribution < -0.4 is 0 Å². The van der Waals surface area contributed by atoms with Crippen molar-refractivity contribution in [3.05, 3.63) is 0 Å². The topological polar surface area (TPSA) is 26.3 Å². The molecule has 0 bridgehead atoms. The van der Waals surface area contributed by atoms with Gasteiger partial charge in [-0.1, -0.05) is 25.7 Å². The van der Waals surface area contributed by atoms with Crippen LogP contribution in [-0.2, 0) is 9.53 Å². The van der Waals surface area contributed by atoms with Gasteiger partial charge < -0.3 is 4.74 Å². The zero-order valence-corrected chi connectivity index (χ0v) is 7.84. The maximum atomic E-state index is 10.4. The average molecular weight is 170 g/mol. The molecule has 12 heavy (non-hydrogen) atoms. The molecule has 1 aliphatic rings. The van der Waals surface area contributed by atoms with E-state index < -0.39 is 0 Å². The Kier molecular flexibility index (Phi) is 4.12.